The molecule has 1 aliphatic carbocycles. The molecule has 122 valence electrons. The molecule has 0 bridgehead atoms. The van der Waals surface area contributed by atoms with Gasteiger partial charge in [-0.25, -0.2) is 9.07 Å². The molecule has 0 unspecified atom stereocenters. The Morgan fingerprint density at radius 1 is 1.21 bits per heavy atom. The van der Waals surface area contributed by atoms with E-state index in [1.54, 1.807) is 12.1 Å². The molecule has 0 saturated heterocycles. The number of hydrogen-bond donors (Lipinski definition) is 0. The molecule has 0 N–H and O–H groups in total. The van der Waals surface area contributed by atoms with Gasteiger partial charge < -0.3 is 0 Å². The number of carbonyl (C=O) groups is 1. The first-order chi connectivity index (χ1) is 11.7. The minimum absolute atomic E-state index is 0.000992. The Balaban J connectivity index is 1.88. The second-order valence-electron chi connectivity index (χ2n) is 6.42. The Kier molecular flexibility index (Phi) is 3.68. The van der Waals surface area contributed by atoms with E-state index in [1.807, 2.05) is 10.9 Å². The molecule has 1 atom stereocenters. The van der Waals surface area contributed by atoms with Crippen LogP contribution in [0.4, 0.5) is 4.39 Å². The van der Waals surface area contributed by atoms with E-state index >= 15 is 0 Å². The van der Waals surface area contributed by atoms with Gasteiger partial charge in [0.15, 0.2) is 0 Å². The second-order valence-corrected chi connectivity index (χ2v) is 6.42. The maximum atomic E-state index is 13.2. The minimum atomic E-state index is -0.256. The first kappa shape index (κ1) is 15.1. The lowest BCUT2D eigenvalue weighted by Crippen LogP contribution is -2.10. The SMILES string of the molecule is CC[C@@H]1C(=O)CCCc2cc3c(cnn3-c3ccc(F)cc3)cc21. The van der Waals surface area contributed by atoms with Crippen molar-refractivity contribution in [1.82, 2.24) is 9.78 Å². The van der Waals surface area contributed by atoms with Crippen molar-refractivity contribution in [3.63, 3.8) is 0 Å². The molecule has 0 saturated carbocycles. The lowest BCUT2D eigenvalue weighted by atomic mass is 9.89. The van der Waals surface area contributed by atoms with Crippen LogP contribution in [0.5, 0.6) is 0 Å². The highest BCUT2D eigenvalue weighted by Gasteiger charge is 2.25. The average Bonchev–Trinajstić information content (AvgIpc) is 2.91. The van der Waals surface area contributed by atoms with Gasteiger partial charge in [0.2, 0.25) is 0 Å². The fourth-order valence-electron chi connectivity index (χ4n) is 3.71. The fourth-order valence-corrected chi connectivity index (χ4v) is 3.71. The smallest absolute Gasteiger partial charge is 0.140 e. The third-order valence-electron chi connectivity index (χ3n) is 4.94. The summed E-state index contributed by atoms with van der Waals surface area (Å²) in [7, 11) is 0. The molecular formula is C20H19FN2O. The molecular weight excluding hydrogens is 303 g/mol. The van der Waals surface area contributed by atoms with Crippen LogP contribution in [0.1, 0.15) is 43.2 Å². The van der Waals surface area contributed by atoms with Crippen molar-refractivity contribution in [2.45, 2.75) is 38.5 Å². The van der Waals surface area contributed by atoms with Gasteiger partial charge in [-0.2, -0.15) is 5.10 Å². The minimum Gasteiger partial charge on any atom is -0.299 e. The lowest BCUT2D eigenvalue weighted by Gasteiger charge is -2.15. The number of hydrogen-bond acceptors (Lipinski definition) is 2. The first-order valence-corrected chi connectivity index (χ1v) is 8.46. The second kappa shape index (κ2) is 5.86. The normalized spacial score (nSPS) is 17.8. The number of carbonyl (C=O) groups excluding carboxylic acids is 1. The Hall–Kier alpha value is -2.49. The third kappa shape index (κ3) is 2.42. The van der Waals surface area contributed by atoms with Gasteiger partial charge in [-0.15, -0.1) is 0 Å². The number of ketones is 1. The van der Waals surface area contributed by atoms with Crippen molar-refractivity contribution in [3.05, 3.63) is 59.5 Å². The van der Waals surface area contributed by atoms with Crippen LogP contribution in [0.25, 0.3) is 16.6 Å². The standard InChI is InChI=1S/C20H19FN2O/c1-2-17-18-10-14-12-22-23(16-8-6-15(21)7-9-16)19(14)11-13(18)4-3-5-20(17)24/h6-12,17H,2-5H2,1H3/t17-/m0/s1. The first-order valence-electron chi connectivity index (χ1n) is 8.46. The van der Waals surface area contributed by atoms with E-state index in [2.05, 4.69) is 24.2 Å². The van der Waals surface area contributed by atoms with Gasteiger partial charge in [0, 0.05) is 17.7 Å². The zero-order valence-electron chi connectivity index (χ0n) is 13.6. The molecule has 0 fully saturated rings. The number of fused-ring (bicyclic) bond motifs is 2. The van der Waals surface area contributed by atoms with Gasteiger partial charge in [-0.05, 0) is 66.8 Å². The number of halogens is 1. The number of aromatic nitrogens is 2. The molecule has 4 rings (SSSR count). The summed E-state index contributed by atoms with van der Waals surface area (Å²) >= 11 is 0. The van der Waals surface area contributed by atoms with E-state index in [1.165, 1.54) is 17.7 Å². The van der Waals surface area contributed by atoms with Gasteiger partial charge in [0.05, 0.1) is 17.4 Å². The summed E-state index contributed by atoms with van der Waals surface area (Å²) < 4.78 is 15.0. The molecule has 0 radical (unpaired) electrons. The number of benzene rings is 2. The Morgan fingerprint density at radius 2 is 2.00 bits per heavy atom. The van der Waals surface area contributed by atoms with Crippen molar-refractivity contribution in [3.8, 4) is 5.69 Å². The van der Waals surface area contributed by atoms with E-state index < -0.39 is 0 Å². The topological polar surface area (TPSA) is 34.9 Å². The molecule has 0 spiro atoms. The molecule has 2 aromatic carbocycles. The molecule has 24 heavy (non-hydrogen) atoms. The summed E-state index contributed by atoms with van der Waals surface area (Å²) in [6.45, 7) is 2.07. The highest BCUT2D eigenvalue weighted by Crippen LogP contribution is 2.34. The Bertz CT molecular complexity index is 911. The van der Waals surface area contributed by atoms with Crippen LogP contribution in [0.15, 0.2) is 42.6 Å². The summed E-state index contributed by atoms with van der Waals surface area (Å²) in [5.74, 6) is 0.0935. The van der Waals surface area contributed by atoms with Crippen LogP contribution < -0.4 is 0 Å². The summed E-state index contributed by atoms with van der Waals surface area (Å²) in [6.07, 6.45) is 5.14. The van der Waals surface area contributed by atoms with Gasteiger partial charge in [-0.1, -0.05) is 6.92 Å². The highest BCUT2D eigenvalue weighted by atomic mass is 19.1. The molecule has 3 aromatic rings. The quantitative estimate of drug-likeness (QED) is 0.648. The van der Waals surface area contributed by atoms with Crippen molar-refractivity contribution in [2.75, 3.05) is 0 Å². The fraction of sp³-hybridized carbons (Fsp3) is 0.300. The maximum Gasteiger partial charge on any atom is 0.140 e. The zero-order chi connectivity index (χ0) is 16.7. The van der Waals surface area contributed by atoms with Crippen molar-refractivity contribution in [2.24, 2.45) is 0 Å². The lowest BCUT2D eigenvalue weighted by molar-refractivity contribution is -0.120. The zero-order valence-corrected chi connectivity index (χ0v) is 13.6. The van der Waals surface area contributed by atoms with E-state index in [0.717, 1.165) is 41.4 Å². The van der Waals surface area contributed by atoms with Crippen molar-refractivity contribution < 1.29 is 9.18 Å². The summed E-state index contributed by atoms with van der Waals surface area (Å²) in [5, 5.41) is 5.49. The van der Waals surface area contributed by atoms with Gasteiger partial charge in [0.1, 0.15) is 11.6 Å². The number of rotatable bonds is 2. The predicted octanol–water partition coefficient (Wildman–Crippen LogP) is 4.56. The average molecular weight is 322 g/mol. The Labute approximate surface area is 140 Å². The van der Waals surface area contributed by atoms with Crippen LogP contribution in [-0.2, 0) is 11.2 Å². The maximum absolute atomic E-state index is 13.2. The van der Waals surface area contributed by atoms with Gasteiger partial charge >= 0.3 is 0 Å². The predicted molar refractivity (Wildman–Crippen MR) is 92.0 cm³/mol. The van der Waals surface area contributed by atoms with E-state index in [4.69, 9.17) is 0 Å². The van der Waals surface area contributed by atoms with Gasteiger partial charge in [0.25, 0.3) is 0 Å². The van der Waals surface area contributed by atoms with Crippen LogP contribution in [0, 0.1) is 5.82 Å². The third-order valence-corrected chi connectivity index (χ3v) is 4.94. The summed E-state index contributed by atoms with van der Waals surface area (Å²) in [4.78, 5) is 12.3. The highest BCUT2D eigenvalue weighted by molar-refractivity contribution is 5.90. The van der Waals surface area contributed by atoms with Crippen LogP contribution in [0.3, 0.4) is 0 Å². The van der Waals surface area contributed by atoms with Crippen LogP contribution >= 0.6 is 0 Å². The van der Waals surface area contributed by atoms with Crippen LogP contribution in [-0.4, -0.2) is 15.6 Å². The molecule has 3 nitrogen and oxygen atoms in total. The molecule has 0 amide bonds. The number of aryl methyl sites for hydroxylation is 1. The molecule has 1 heterocycles. The number of nitrogens with zero attached hydrogens (tertiary/aromatic N) is 2. The number of Topliss-reactive ketones (excluding diaryl/α,β-unsaturated/α-hetero) is 1. The van der Waals surface area contributed by atoms with E-state index in [9.17, 15) is 9.18 Å². The Morgan fingerprint density at radius 3 is 2.75 bits per heavy atom. The molecule has 1 aliphatic rings. The molecule has 4 heteroatoms. The molecule has 0 aliphatic heterocycles. The van der Waals surface area contributed by atoms with E-state index in [-0.39, 0.29) is 11.7 Å². The van der Waals surface area contributed by atoms with Gasteiger partial charge in [-0.3, -0.25) is 4.79 Å². The largest absolute Gasteiger partial charge is 0.299 e. The summed E-state index contributed by atoms with van der Waals surface area (Å²) in [5.41, 5.74) is 4.24. The van der Waals surface area contributed by atoms with Crippen LogP contribution in [0.2, 0.25) is 0 Å². The van der Waals surface area contributed by atoms with E-state index in [0.29, 0.717) is 12.2 Å². The summed E-state index contributed by atoms with van der Waals surface area (Å²) in [6, 6.07) is 10.6. The van der Waals surface area contributed by atoms with Crippen molar-refractivity contribution in [1.29, 1.82) is 0 Å². The van der Waals surface area contributed by atoms with Crippen molar-refractivity contribution >= 4 is 16.7 Å². The monoisotopic (exact) mass is 322 g/mol. The molecule has 1 aromatic heterocycles.